The SMILES string of the molecule is O=C(O)CCC/C=C\[C@@H]1[C@@H]2CC[C@@H](C2)[C@@H]1CNS(=O)(=O)c1ccccc1I. The van der Waals surface area contributed by atoms with Crippen LogP contribution in [0.1, 0.15) is 38.5 Å². The predicted octanol–water partition coefficient (Wildman–Crippen LogP) is 4.04. The van der Waals surface area contributed by atoms with Gasteiger partial charge in [-0.15, -0.1) is 0 Å². The van der Waals surface area contributed by atoms with E-state index in [-0.39, 0.29) is 6.42 Å². The van der Waals surface area contributed by atoms with Gasteiger partial charge in [0.25, 0.3) is 0 Å². The van der Waals surface area contributed by atoms with Crippen LogP contribution in [0.5, 0.6) is 0 Å². The van der Waals surface area contributed by atoms with Gasteiger partial charge in [-0.1, -0.05) is 24.3 Å². The molecule has 0 unspecified atom stereocenters. The van der Waals surface area contributed by atoms with Gasteiger partial charge in [0.1, 0.15) is 0 Å². The molecule has 148 valence electrons. The van der Waals surface area contributed by atoms with E-state index in [1.165, 1.54) is 19.3 Å². The average molecular weight is 503 g/mol. The second kappa shape index (κ2) is 9.05. The Hall–Kier alpha value is -0.930. The largest absolute Gasteiger partial charge is 0.481 e. The van der Waals surface area contributed by atoms with Crippen molar-refractivity contribution in [1.82, 2.24) is 4.72 Å². The van der Waals surface area contributed by atoms with E-state index in [4.69, 9.17) is 5.11 Å². The number of aliphatic carboxylic acids is 1. The molecule has 2 N–H and O–H groups in total. The van der Waals surface area contributed by atoms with E-state index in [0.717, 1.165) is 9.99 Å². The molecule has 0 saturated heterocycles. The molecule has 7 heteroatoms. The summed E-state index contributed by atoms with van der Waals surface area (Å²) in [5.74, 6) is 1.19. The molecule has 0 spiro atoms. The molecule has 0 heterocycles. The minimum Gasteiger partial charge on any atom is -0.481 e. The molecule has 2 bridgehead atoms. The molecular formula is C20H26INO4S. The number of rotatable bonds is 9. The number of halogens is 1. The Labute approximate surface area is 174 Å². The molecule has 1 aromatic carbocycles. The van der Waals surface area contributed by atoms with Gasteiger partial charge in [0.05, 0.1) is 4.90 Å². The molecule has 1 aromatic rings. The van der Waals surface area contributed by atoms with Crippen LogP contribution < -0.4 is 4.72 Å². The zero-order valence-electron chi connectivity index (χ0n) is 15.2. The third-order valence-electron chi connectivity index (χ3n) is 5.91. The number of nitrogens with one attached hydrogen (secondary N) is 1. The summed E-state index contributed by atoms with van der Waals surface area (Å²) in [6, 6.07) is 7.03. The summed E-state index contributed by atoms with van der Waals surface area (Å²) in [5.41, 5.74) is 0. The van der Waals surface area contributed by atoms with Crippen LogP contribution in [-0.4, -0.2) is 26.0 Å². The van der Waals surface area contributed by atoms with Crippen LogP contribution in [0.4, 0.5) is 0 Å². The highest BCUT2D eigenvalue weighted by Gasteiger charge is 2.46. The Kier molecular flexibility index (Phi) is 6.97. The highest BCUT2D eigenvalue weighted by Crippen LogP contribution is 2.52. The number of hydrogen-bond donors (Lipinski definition) is 2. The van der Waals surface area contributed by atoms with Gasteiger partial charge < -0.3 is 5.11 Å². The Morgan fingerprint density at radius 1 is 1.26 bits per heavy atom. The Morgan fingerprint density at radius 2 is 2.00 bits per heavy atom. The molecule has 4 atom stereocenters. The molecule has 3 rings (SSSR count). The van der Waals surface area contributed by atoms with E-state index < -0.39 is 16.0 Å². The molecule has 5 nitrogen and oxygen atoms in total. The van der Waals surface area contributed by atoms with E-state index in [1.54, 1.807) is 18.2 Å². The highest BCUT2D eigenvalue weighted by molar-refractivity contribution is 14.1. The van der Waals surface area contributed by atoms with Gasteiger partial charge in [-0.05, 0) is 90.5 Å². The lowest BCUT2D eigenvalue weighted by molar-refractivity contribution is -0.137. The summed E-state index contributed by atoms with van der Waals surface area (Å²) in [6.45, 7) is 0.471. The lowest BCUT2D eigenvalue weighted by Crippen LogP contribution is -2.35. The van der Waals surface area contributed by atoms with E-state index in [9.17, 15) is 13.2 Å². The maximum Gasteiger partial charge on any atom is 0.303 e. The van der Waals surface area contributed by atoms with Crippen molar-refractivity contribution in [2.45, 2.75) is 43.4 Å². The summed E-state index contributed by atoms with van der Waals surface area (Å²) in [7, 11) is -3.50. The summed E-state index contributed by atoms with van der Waals surface area (Å²) >= 11 is 2.05. The van der Waals surface area contributed by atoms with Crippen molar-refractivity contribution in [3.8, 4) is 0 Å². The number of carboxylic acids is 1. The molecule has 2 saturated carbocycles. The second-order valence-electron chi connectivity index (χ2n) is 7.57. The van der Waals surface area contributed by atoms with Crippen molar-refractivity contribution < 1.29 is 18.3 Å². The summed E-state index contributed by atoms with van der Waals surface area (Å²) in [6.07, 6.45) is 9.50. The van der Waals surface area contributed by atoms with E-state index >= 15 is 0 Å². The first-order valence-corrected chi connectivity index (χ1v) is 12.1. The molecule has 2 aliphatic carbocycles. The van der Waals surface area contributed by atoms with E-state index in [1.807, 2.05) is 6.07 Å². The summed E-state index contributed by atoms with van der Waals surface area (Å²) < 4.78 is 29.0. The second-order valence-corrected chi connectivity index (χ2v) is 10.5. The molecule has 0 aromatic heterocycles. The molecule has 2 fully saturated rings. The van der Waals surface area contributed by atoms with Gasteiger partial charge in [0.2, 0.25) is 10.0 Å². The smallest absolute Gasteiger partial charge is 0.303 e. The first-order valence-electron chi connectivity index (χ1n) is 9.51. The number of fused-ring (bicyclic) bond motifs is 2. The zero-order valence-corrected chi connectivity index (χ0v) is 18.2. The fourth-order valence-electron chi connectivity index (χ4n) is 4.63. The molecule has 27 heavy (non-hydrogen) atoms. The molecule has 2 aliphatic rings. The number of carbonyl (C=O) groups is 1. The first kappa shape index (κ1) is 20.8. The van der Waals surface area contributed by atoms with Gasteiger partial charge in [-0.3, -0.25) is 4.79 Å². The number of unbranched alkanes of at least 4 members (excludes halogenated alkanes) is 1. The zero-order chi connectivity index (χ0) is 19.4. The van der Waals surface area contributed by atoms with Gasteiger partial charge >= 0.3 is 5.97 Å². The normalized spacial score (nSPS) is 27.4. The van der Waals surface area contributed by atoms with E-state index in [2.05, 4.69) is 39.5 Å². The molecule has 0 radical (unpaired) electrons. The van der Waals surface area contributed by atoms with Gasteiger partial charge in [-0.2, -0.15) is 0 Å². The van der Waals surface area contributed by atoms with Crippen LogP contribution in [0.25, 0.3) is 0 Å². The van der Waals surface area contributed by atoms with Crippen LogP contribution in [0.3, 0.4) is 0 Å². The quantitative estimate of drug-likeness (QED) is 0.303. The molecule has 0 aliphatic heterocycles. The monoisotopic (exact) mass is 503 g/mol. The fraction of sp³-hybridized carbons (Fsp3) is 0.550. The number of hydrogen-bond acceptors (Lipinski definition) is 3. The minimum atomic E-state index is -3.50. The van der Waals surface area contributed by atoms with Crippen LogP contribution in [0, 0.1) is 27.2 Å². The summed E-state index contributed by atoms with van der Waals surface area (Å²) in [4.78, 5) is 10.9. The number of benzene rings is 1. The lowest BCUT2D eigenvalue weighted by atomic mass is 9.79. The van der Waals surface area contributed by atoms with Crippen molar-refractivity contribution in [2.24, 2.45) is 23.7 Å². The Morgan fingerprint density at radius 3 is 2.74 bits per heavy atom. The maximum absolute atomic E-state index is 12.7. The van der Waals surface area contributed by atoms with E-state index in [0.29, 0.717) is 41.5 Å². The lowest BCUT2D eigenvalue weighted by Gasteiger charge is -2.29. The third kappa shape index (κ3) is 5.12. The average Bonchev–Trinajstić information content (AvgIpc) is 3.21. The van der Waals surface area contributed by atoms with Crippen molar-refractivity contribution >= 4 is 38.6 Å². The summed E-state index contributed by atoms with van der Waals surface area (Å²) in [5, 5.41) is 8.72. The van der Waals surface area contributed by atoms with Crippen molar-refractivity contribution in [3.05, 3.63) is 40.0 Å². The Balaban J connectivity index is 1.61. The maximum atomic E-state index is 12.7. The van der Waals surface area contributed by atoms with Crippen LogP contribution in [-0.2, 0) is 14.8 Å². The predicted molar refractivity (Wildman–Crippen MR) is 113 cm³/mol. The minimum absolute atomic E-state index is 0.194. The fourth-order valence-corrected chi connectivity index (χ4v) is 7.04. The standard InChI is InChI=1S/C20H26INO4S/c21-18-7-4-5-8-19(18)27(25,26)22-13-17-15-11-10-14(12-15)16(17)6-2-1-3-9-20(23)24/h2,4-8,14-17,22H,1,3,9-13H2,(H,23,24)/b6-2-/t14-,15+,16-,17+/m1/s1. The van der Waals surface area contributed by atoms with Crippen molar-refractivity contribution in [1.29, 1.82) is 0 Å². The van der Waals surface area contributed by atoms with Gasteiger partial charge in [0, 0.05) is 16.5 Å². The third-order valence-corrected chi connectivity index (χ3v) is 8.70. The molecular weight excluding hydrogens is 477 g/mol. The van der Waals surface area contributed by atoms with Gasteiger partial charge in [-0.25, -0.2) is 13.1 Å². The van der Waals surface area contributed by atoms with Gasteiger partial charge in [0.15, 0.2) is 0 Å². The number of sulfonamides is 1. The first-order chi connectivity index (χ1) is 12.9. The number of carboxylic acid groups (broad SMARTS) is 1. The number of allylic oxidation sites excluding steroid dienone is 2. The Bertz CT molecular complexity index is 808. The topological polar surface area (TPSA) is 83.5 Å². The van der Waals surface area contributed by atoms with Crippen LogP contribution in [0.2, 0.25) is 0 Å². The van der Waals surface area contributed by atoms with Crippen molar-refractivity contribution in [3.63, 3.8) is 0 Å². The highest BCUT2D eigenvalue weighted by atomic mass is 127. The van der Waals surface area contributed by atoms with Crippen LogP contribution in [0.15, 0.2) is 41.3 Å². The van der Waals surface area contributed by atoms with Crippen LogP contribution >= 0.6 is 22.6 Å². The van der Waals surface area contributed by atoms with Crippen molar-refractivity contribution in [2.75, 3.05) is 6.54 Å². The molecule has 0 amide bonds.